The van der Waals surface area contributed by atoms with E-state index < -0.39 is 35.3 Å². The molecule has 1 aromatic heterocycles. The highest BCUT2D eigenvalue weighted by Gasteiger charge is 2.42. The van der Waals surface area contributed by atoms with E-state index in [2.05, 4.69) is 10.9 Å². The number of terminal acetylenes is 1. The summed E-state index contributed by atoms with van der Waals surface area (Å²) in [5.74, 6) is 2.97. The summed E-state index contributed by atoms with van der Waals surface area (Å²) in [7, 11) is 1.61. The molecule has 3 aromatic carbocycles. The van der Waals surface area contributed by atoms with Gasteiger partial charge in [0.15, 0.2) is 0 Å². The molecule has 198 valence electrons. The molecule has 2 heterocycles. The zero-order valence-corrected chi connectivity index (χ0v) is 21.3. The quantitative estimate of drug-likeness (QED) is 0.271. The molecule has 1 fully saturated rings. The molecule has 1 aliphatic rings. The fourth-order valence-electron chi connectivity index (χ4n) is 4.97. The van der Waals surface area contributed by atoms with Gasteiger partial charge >= 0.3 is 5.69 Å². The predicted molar refractivity (Wildman–Crippen MR) is 146 cm³/mol. The molecule has 0 radical (unpaired) electrons. The Morgan fingerprint density at radius 3 is 2.15 bits per heavy atom. The predicted octanol–water partition coefficient (Wildman–Crippen LogP) is 3.18. The Balaban J connectivity index is 1.52. The summed E-state index contributed by atoms with van der Waals surface area (Å²) >= 11 is 0. The molecule has 4 aromatic rings. The number of ether oxygens (including phenoxy) is 3. The molecule has 2 N–H and O–H groups in total. The number of hydrogen-bond donors (Lipinski definition) is 2. The molecule has 5 rings (SSSR count). The van der Waals surface area contributed by atoms with Crippen molar-refractivity contribution in [3.63, 3.8) is 0 Å². The molecule has 0 unspecified atom stereocenters. The van der Waals surface area contributed by atoms with Gasteiger partial charge in [0, 0.05) is 12.6 Å². The number of nitrogens with one attached hydrogen (secondary N) is 1. The van der Waals surface area contributed by atoms with E-state index in [0.717, 1.165) is 16.7 Å². The van der Waals surface area contributed by atoms with Crippen molar-refractivity contribution in [2.45, 2.75) is 30.5 Å². The van der Waals surface area contributed by atoms with Gasteiger partial charge in [0.25, 0.3) is 5.56 Å². The van der Waals surface area contributed by atoms with Crippen molar-refractivity contribution in [3.8, 4) is 18.1 Å². The molecule has 0 amide bonds. The number of nitrogens with zero attached hydrogens (tertiary/aromatic N) is 1. The smallest absolute Gasteiger partial charge is 0.330 e. The van der Waals surface area contributed by atoms with Gasteiger partial charge in [0.05, 0.1) is 19.8 Å². The Bertz CT molecular complexity index is 1530. The second-order valence-electron chi connectivity index (χ2n) is 9.24. The van der Waals surface area contributed by atoms with Gasteiger partial charge in [-0.3, -0.25) is 14.3 Å². The maximum absolute atomic E-state index is 12.5. The van der Waals surface area contributed by atoms with E-state index in [1.54, 1.807) is 7.11 Å². The van der Waals surface area contributed by atoms with Crippen LogP contribution in [0.3, 0.4) is 0 Å². The van der Waals surface area contributed by atoms with Gasteiger partial charge in [0.1, 0.15) is 29.2 Å². The highest BCUT2D eigenvalue weighted by molar-refractivity contribution is 5.48. The third-order valence-electron chi connectivity index (χ3n) is 6.96. The van der Waals surface area contributed by atoms with Crippen LogP contribution >= 0.6 is 0 Å². The van der Waals surface area contributed by atoms with Crippen LogP contribution in [-0.4, -0.2) is 40.6 Å². The topological polar surface area (TPSA) is 103 Å². The summed E-state index contributed by atoms with van der Waals surface area (Å²) in [6.45, 7) is 0.00752. The lowest BCUT2D eigenvalue weighted by atomic mass is 9.80. The Morgan fingerprint density at radius 2 is 1.59 bits per heavy atom. The van der Waals surface area contributed by atoms with Crippen LogP contribution in [0.15, 0.2) is 101 Å². The largest absolute Gasteiger partial charge is 0.497 e. The van der Waals surface area contributed by atoms with E-state index in [9.17, 15) is 14.7 Å². The minimum Gasteiger partial charge on any atom is -0.497 e. The zero-order chi connectivity index (χ0) is 27.4. The standard InChI is InChI=1S/C31H28N2O6/c1-3-21-19-33(30(36)32-29(21)35)28-18-26(34)27(39-28)20-38-31(22-10-6-4-7-11-22,23-12-8-5-9-13-23)24-14-16-25(37-2)17-15-24/h1,4-17,19,26-28,34H,18,20H2,2H3,(H,32,35,36)/t26-,27+,28+/m0/s1. The fraction of sp³-hybridized carbons (Fsp3) is 0.226. The molecule has 1 saturated heterocycles. The number of rotatable bonds is 8. The van der Waals surface area contributed by atoms with Crippen LogP contribution in [0, 0.1) is 12.3 Å². The van der Waals surface area contributed by atoms with Gasteiger partial charge in [-0.1, -0.05) is 78.7 Å². The third kappa shape index (κ3) is 5.03. The first kappa shape index (κ1) is 26.2. The van der Waals surface area contributed by atoms with Gasteiger partial charge in [0.2, 0.25) is 0 Å². The number of benzene rings is 3. The van der Waals surface area contributed by atoms with Crippen molar-refractivity contribution in [2.24, 2.45) is 0 Å². The van der Waals surface area contributed by atoms with Gasteiger partial charge < -0.3 is 19.3 Å². The van der Waals surface area contributed by atoms with Gasteiger partial charge in [-0.2, -0.15) is 0 Å². The number of aliphatic hydroxyl groups excluding tert-OH is 1. The van der Waals surface area contributed by atoms with Crippen molar-refractivity contribution in [2.75, 3.05) is 13.7 Å². The van der Waals surface area contributed by atoms with Crippen LogP contribution in [0.4, 0.5) is 0 Å². The highest BCUT2D eigenvalue weighted by Crippen LogP contribution is 2.42. The summed E-state index contributed by atoms with van der Waals surface area (Å²) in [6, 6.07) is 27.3. The van der Waals surface area contributed by atoms with Crippen molar-refractivity contribution in [1.29, 1.82) is 0 Å². The van der Waals surface area contributed by atoms with Crippen LogP contribution in [0.2, 0.25) is 0 Å². The van der Waals surface area contributed by atoms with Gasteiger partial charge in [-0.05, 0) is 28.8 Å². The molecule has 1 aliphatic heterocycles. The summed E-state index contributed by atoms with van der Waals surface area (Å²) in [6.07, 6.45) is 4.29. The normalized spacial score (nSPS) is 18.9. The van der Waals surface area contributed by atoms with Crippen LogP contribution in [-0.2, 0) is 15.1 Å². The molecule has 8 heteroatoms. The number of aromatic nitrogens is 2. The van der Waals surface area contributed by atoms with E-state index in [-0.39, 0.29) is 18.6 Å². The van der Waals surface area contributed by atoms with E-state index in [1.165, 1.54) is 10.8 Å². The van der Waals surface area contributed by atoms with Crippen LogP contribution in [0.5, 0.6) is 5.75 Å². The highest BCUT2D eigenvalue weighted by atomic mass is 16.6. The molecule has 0 aliphatic carbocycles. The lowest BCUT2D eigenvalue weighted by Crippen LogP contribution is -2.38. The average molecular weight is 525 g/mol. The first-order valence-corrected chi connectivity index (χ1v) is 12.5. The van der Waals surface area contributed by atoms with E-state index >= 15 is 0 Å². The fourth-order valence-corrected chi connectivity index (χ4v) is 4.97. The molecule has 0 saturated carbocycles. The van der Waals surface area contributed by atoms with Crippen molar-refractivity contribution in [1.82, 2.24) is 9.55 Å². The maximum Gasteiger partial charge on any atom is 0.330 e. The zero-order valence-electron chi connectivity index (χ0n) is 21.3. The second-order valence-corrected chi connectivity index (χ2v) is 9.24. The Morgan fingerprint density at radius 1 is 1.00 bits per heavy atom. The Labute approximate surface area is 225 Å². The van der Waals surface area contributed by atoms with E-state index in [1.807, 2.05) is 84.9 Å². The Hall–Kier alpha value is -4.42. The molecule has 0 spiro atoms. The Kier molecular flexibility index (Phi) is 7.48. The number of methoxy groups -OCH3 is 1. The monoisotopic (exact) mass is 524 g/mol. The van der Waals surface area contributed by atoms with E-state index in [0.29, 0.717) is 5.75 Å². The SMILES string of the molecule is C#Cc1cn([C@H]2C[C@H](O)[C@@H](COC(c3ccccc3)(c3ccccc3)c3ccc(OC)cc3)O2)c(=O)[nH]c1=O. The van der Waals surface area contributed by atoms with Crippen molar-refractivity contribution >= 4 is 0 Å². The number of aromatic amines is 1. The van der Waals surface area contributed by atoms with Gasteiger partial charge in [-0.15, -0.1) is 6.42 Å². The lowest BCUT2D eigenvalue weighted by molar-refractivity contribution is -0.0944. The molecule has 39 heavy (non-hydrogen) atoms. The lowest BCUT2D eigenvalue weighted by Gasteiger charge is -2.37. The van der Waals surface area contributed by atoms with E-state index in [4.69, 9.17) is 20.6 Å². The van der Waals surface area contributed by atoms with Crippen LogP contribution < -0.4 is 16.0 Å². The number of hydrogen-bond acceptors (Lipinski definition) is 6. The summed E-state index contributed by atoms with van der Waals surface area (Å²) in [5.41, 5.74) is 0.286. The van der Waals surface area contributed by atoms with Crippen LogP contribution in [0.25, 0.3) is 0 Å². The van der Waals surface area contributed by atoms with Crippen molar-refractivity contribution in [3.05, 3.63) is 134 Å². The molecular formula is C31H28N2O6. The number of H-pyrrole nitrogens is 1. The minimum atomic E-state index is -1.04. The first-order chi connectivity index (χ1) is 19.0. The molecule has 8 nitrogen and oxygen atoms in total. The molecule has 3 atom stereocenters. The van der Waals surface area contributed by atoms with Crippen LogP contribution in [0.1, 0.15) is 34.9 Å². The second kappa shape index (κ2) is 11.1. The number of aliphatic hydroxyl groups is 1. The minimum absolute atomic E-state index is 0.000863. The van der Waals surface area contributed by atoms with Gasteiger partial charge in [-0.25, -0.2) is 4.79 Å². The summed E-state index contributed by atoms with van der Waals surface area (Å²) < 4.78 is 19.5. The maximum atomic E-state index is 12.5. The first-order valence-electron chi connectivity index (χ1n) is 12.5. The van der Waals surface area contributed by atoms with Crippen molar-refractivity contribution < 1.29 is 19.3 Å². The molecular weight excluding hydrogens is 496 g/mol. The molecule has 0 bridgehead atoms. The third-order valence-corrected chi connectivity index (χ3v) is 6.96. The summed E-state index contributed by atoms with van der Waals surface area (Å²) in [5, 5.41) is 10.9. The summed E-state index contributed by atoms with van der Waals surface area (Å²) in [4.78, 5) is 26.6. The average Bonchev–Trinajstić information content (AvgIpc) is 3.34.